The molecule has 0 atom stereocenters. The first-order valence-corrected chi connectivity index (χ1v) is 6.06. The highest BCUT2D eigenvalue weighted by Gasteiger charge is 2.10. The standard InChI is InChI=1S/C13H16ClN3O/c1-9-12(13(14)17(2)16-9)8-18-7-10-3-5-11(15)6-4-10/h3-6H,7-8,15H2,1-2H3. The molecule has 1 aromatic heterocycles. The number of benzene rings is 1. The fraction of sp³-hybridized carbons (Fsp3) is 0.308. The molecular formula is C13H16ClN3O. The minimum Gasteiger partial charge on any atom is -0.399 e. The van der Waals surface area contributed by atoms with Crippen molar-refractivity contribution in [2.45, 2.75) is 20.1 Å². The van der Waals surface area contributed by atoms with Gasteiger partial charge in [0, 0.05) is 18.3 Å². The number of anilines is 1. The maximum Gasteiger partial charge on any atom is 0.132 e. The second-order valence-electron chi connectivity index (χ2n) is 4.21. The van der Waals surface area contributed by atoms with Crippen LogP contribution in [-0.4, -0.2) is 9.78 Å². The molecular weight excluding hydrogens is 250 g/mol. The van der Waals surface area contributed by atoms with E-state index in [4.69, 9.17) is 22.1 Å². The molecule has 0 aliphatic rings. The number of nitrogen functional groups attached to an aromatic ring is 1. The Balaban J connectivity index is 1.94. The van der Waals surface area contributed by atoms with Gasteiger partial charge in [0.05, 0.1) is 18.9 Å². The van der Waals surface area contributed by atoms with Crippen LogP contribution in [0, 0.1) is 6.92 Å². The van der Waals surface area contributed by atoms with Crippen LogP contribution in [0.2, 0.25) is 5.15 Å². The summed E-state index contributed by atoms with van der Waals surface area (Å²) in [5.41, 5.74) is 9.30. The summed E-state index contributed by atoms with van der Waals surface area (Å²) in [6, 6.07) is 7.63. The lowest BCUT2D eigenvalue weighted by atomic mass is 10.2. The van der Waals surface area contributed by atoms with Crippen molar-refractivity contribution in [1.82, 2.24) is 9.78 Å². The Bertz CT molecular complexity index is 534. The molecule has 0 radical (unpaired) electrons. The van der Waals surface area contributed by atoms with Crippen LogP contribution in [0.3, 0.4) is 0 Å². The molecule has 4 nitrogen and oxygen atoms in total. The van der Waals surface area contributed by atoms with Crippen LogP contribution in [0.5, 0.6) is 0 Å². The molecule has 2 rings (SSSR count). The number of hydrogen-bond donors (Lipinski definition) is 1. The van der Waals surface area contributed by atoms with Crippen LogP contribution in [0.25, 0.3) is 0 Å². The van der Waals surface area contributed by atoms with E-state index in [1.807, 2.05) is 38.2 Å². The molecule has 0 aliphatic carbocycles. The zero-order valence-electron chi connectivity index (χ0n) is 10.5. The van der Waals surface area contributed by atoms with Gasteiger partial charge in [0.15, 0.2) is 0 Å². The van der Waals surface area contributed by atoms with E-state index in [1.165, 1.54) is 0 Å². The molecule has 96 valence electrons. The fourth-order valence-corrected chi connectivity index (χ4v) is 1.95. The summed E-state index contributed by atoms with van der Waals surface area (Å²) in [4.78, 5) is 0. The minimum atomic E-state index is 0.461. The maximum absolute atomic E-state index is 6.12. The van der Waals surface area contributed by atoms with Gasteiger partial charge in [-0.3, -0.25) is 4.68 Å². The Morgan fingerprint density at radius 3 is 2.50 bits per heavy atom. The number of ether oxygens (including phenoxy) is 1. The maximum atomic E-state index is 6.12. The zero-order valence-corrected chi connectivity index (χ0v) is 11.2. The molecule has 0 spiro atoms. The summed E-state index contributed by atoms with van der Waals surface area (Å²) in [5.74, 6) is 0. The third kappa shape index (κ3) is 2.83. The first-order valence-electron chi connectivity index (χ1n) is 5.68. The Morgan fingerprint density at radius 2 is 1.94 bits per heavy atom. The summed E-state index contributed by atoms with van der Waals surface area (Å²) in [5, 5.41) is 4.87. The Labute approximate surface area is 111 Å². The molecule has 0 bridgehead atoms. The predicted molar refractivity (Wildman–Crippen MR) is 72.3 cm³/mol. The summed E-state index contributed by atoms with van der Waals surface area (Å²) < 4.78 is 7.29. The van der Waals surface area contributed by atoms with Crippen LogP contribution < -0.4 is 5.73 Å². The number of nitrogens with zero attached hydrogens (tertiary/aromatic N) is 2. The summed E-state index contributed by atoms with van der Waals surface area (Å²) in [7, 11) is 1.82. The van der Waals surface area contributed by atoms with Crippen LogP contribution >= 0.6 is 11.6 Å². The molecule has 5 heteroatoms. The molecule has 0 saturated carbocycles. The average molecular weight is 266 g/mol. The highest BCUT2D eigenvalue weighted by Crippen LogP contribution is 2.20. The van der Waals surface area contributed by atoms with Gasteiger partial charge in [-0.2, -0.15) is 5.10 Å². The number of aromatic nitrogens is 2. The number of rotatable bonds is 4. The summed E-state index contributed by atoms with van der Waals surface area (Å²) >= 11 is 6.12. The van der Waals surface area contributed by atoms with Gasteiger partial charge < -0.3 is 10.5 Å². The Hall–Kier alpha value is -1.52. The molecule has 1 aromatic carbocycles. The zero-order chi connectivity index (χ0) is 13.1. The van der Waals surface area contributed by atoms with Crippen molar-refractivity contribution < 1.29 is 4.74 Å². The van der Waals surface area contributed by atoms with E-state index in [0.717, 1.165) is 22.5 Å². The SMILES string of the molecule is Cc1nn(C)c(Cl)c1COCc1ccc(N)cc1. The first kappa shape index (κ1) is 12.9. The van der Waals surface area contributed by atoms with Crippen molar-refractivity contribution in [2.75, 3.05) is 5.73 Å². The predicted octanol–water partition coefficient (Wildman–Crippen LogP) is 2.68. The van der Waals surface area contributed by atoms with Crippen molar-refractivity contribution >= 4 is 17.3 Å². The normalized spacial score (nSPS) is 10.8. The molecule has 2 aromatic rings. The number of halogens is 1. The van der Waals surface area contributed by atoms with Gasteiger partial charge in [0.2, 0.25) is 0 Å². The van der Waals surface area contributed by atoms with E-state index in [9.17, 15) is 0 Å². The van der Waals surface area contributed by atoms with Gasteiger partial charge in [-0.15, -0.1) is 0 Å². The average Bonchev–Trinajstić information content (AvgIpc) is 2.58. The van der Waals surface area contributed by atoms with Gasteiger partial charge in [-0.05, 0) is 24.6 Å². The van der Waals surface area contributed by atoms with Crippen molar-refractivity contribution in [1.29, 1.82) is 0 Å². The monoisotopic (exact) mass is 265 g/mol. The largest absolute Gasteiger partial charge is 0.399 e. The van der Waals surface area contributed by atoms with E-state index >= 15 is 0 Å². The molecule has 0 aliphatic heterocycles. The lowest BCUT2D eigenvalue weighted by molar-refractivity contribution is 0.107. The quantitative estimate of drug-likeness (QED) is 0.865. The van der Waals surface area contributed by atoms with Gasteiger partial charge in [0.25, 0.3) is 0 Å². The summed E-state index contributed by atoms with van der Waals surface area (Å²) in [6.07, 6.45) is 0. The lowest BCUT2D eigenvalue weighted by Crippen LogP contribution is -1.96. The third-order valence-electron chi connectivity index (χ3n) is 2.76. The molecule has 0 amide bonds. The van der Waals surface area contributed by atoms with Crippen LogP contribution in [-0.2, 0) is 25.0 Å². The van der Waals surface area contributed by atoms with E-state index in [2.05, 4.69) is 5.10 Å². The molecule has 0 unspecified atom stereocenters. The lowest BCUT2D eigenvalue weighted by Gasteiger charge is -2.05. The van der Waals surface area contributed by atoms with Crippen LogP contribution in [0.15, 0.2) is 24.3 Å². The number of aryl methyl sites for hydroxylation is 2. The molecule has 0 saturated heterocycles. The summed E-state index contributed by atoms with van der Waals surface area (Å²) in [6.45, 7) is 2.92. The highest BCUT2D eigenvalue weighted by molar-refractivity contribution is 6.30. The van der Waals surface area contributed by atoms with E-state index < -0.39 is 0 Å². The van der Waals surface area contributed by atoms with E-state index in [0.29, 0.717) is 18.4 Å². The second kappa shape index (κ2) is 5.42. The second-order valence-corrected chi connectivity index (χ2v) is 4.57. The van der Waals surface area contributed by atoms with Crippen molar-refractivity contribution in [2.24, 2.45) is 7.05 Å². The van der Waals surface area contributed by atoms with Gasteiger partial charge in [-0.25, -0.2) is 0 Å². The smallest absolute Gasteiger partial charge is 0.132 e. The van der Waals surface area contributed by atoms with Crippen LogP contribution in [0.4, 0.5) is 5.69 Å². The fourth-order valence-electron chi connectivity index (χ4n) is 1.72. The van der Waals surface area contributed by atoms with Gasteiger partial charge in [0.1, 0.15) is 5.15 Å². The molecule has 0 fully saturated rings. The number of hydrogen-bond acceptors (Lipinski definition) is 3. The van der Waals surface area contributed by atoms with Gasteiger partial charge in [-0.1, -0.05) is 23.7 Å². The molecule has 2 N–H and O–H groups in total. The minimum absolute atomic E-state index is 0.461. The molecule has 18 heavy (non-hydrogen) atoms. The van der Waals surface area contributed by atoms with Crippen LogP contribution in [0.1, 0.15) is 16.8 Å². The van der Waals surface area contributed by atoms with Gasteiger partial charge >= 0.3 is 0 Å². The van der Waals surface area contributed by atoms with E-state index in [-0.39, 0.29) is 0 Å². The van der Waals surface area contributed by atoms with Crippen molar-refractivity contribution in [3.05, 3.63) is 46.2 Å². The van der Waals surface area contributed by atoms with Crippen molar-refractivity contribution in [3.63, 3.8) is 0 Å². The highest BCUT2D eigenvalue weighted by atomic mass is 35.5. The molecule has 1 heterocycles. The van der Waals surface area contributed by atoms with Crippen molar-refractivity contribution in [3.8, 4) is 0 Å². The third-order valence-corrected chi connectivity index (χ3v) is 3.24. The topological polar surface area (TPSA) is 53.1 Å². The first-order chi connectivity index (χ1) is 8.58. The number of nitrogens with two attached hydrogens (primary N) is 1. The Morgan fingerprint density at radius 1 is 1.28 bits per heavy atom. The Kier molecular flexibility index (Phi) is 3.89. The van der Waals surface area contributed by atoms with E-state index in [1.54, 1.807) is 4.68 Å².